The molecule has 1 saturated heterocycles. The lowest BCUT2D eigenvalue weighted by molar-refractivity contribution is 0.0495. The highest BCUT2D eigenvalue weighted by Crippen LogP contribution is 2.12. The van der Waals surface area contributed by atoms with E-state index in [1.165, 1.54) is 0 Å². The van der Waals surface area contributed by atoms with Crippen molar-refractivity contribution in [3.8, 4) is 0 Å². The van der Waals surface area contributed by atoms with Gasteiger partial charge in [0.25, 0.3) is 0 Å². The van der Waals surface area contributed by atoms with Gasteiger partial charge in [0, 0.05) is 26.2 Å². The first-order valence-electron chi connectivity index (χ1n) is 5.19. The van der Waals surface area contributed by atoms with Crippen molar-refractivity contribution >= 4 is 17.6 Å². The molecule has 0 aromatic carbocycles. The number of aromatic nitrogens is 2. The van der Waals surface area contributed by atoms with Gasteiger partial charge in [-0.2, -0.15) is 9.97 Å². The maximum absolute atomic E-state index is 5.59. The second-order valence-corrected chi connectivity index (χ2v) is 3.46. The van der Waals surface area contributed by atoms with Crippen LogP contribution in [0.2, 0.25) is 0 Å². The zero-order chi connectivity index (χ0) is 11.4. The van der Waals surface area contributed by atoms with E-state index < -0.39 is 0 Å². The Morgan fingerprint density at radius 3 is 2.69 bits per heavy atom. The van der Waals surface area contributed by atoms with Gasteiger partial charge in [0.05, 0.1) is 13.2 Å². The number of nitrogens with one attached hydrogen (secondary N) is 2. The average molecular weight is 224 g/mol. The van der Waals surface area contributed by atoms with Gasteiger partial charge in [-0.25, -0.2) is 5.01 Å². The fraction of sp³-hybridized carbons (Fsp3) is 0.556. The summed E-state index contributed by atoms with van der Waals surface area (Å²) in [7, 11) is 1.79. The van der Waals surface area contributed by atoms with Crippen molar-refractivity contribution in [3.05, 3.63) is 6.07 Å². The van der Waals surface area contributed by atoms with Crippen LogP contribution in [0.5, 0.6) is 0 Å². The molecule has 7 heteroatoms. The van der Waals surface area contributed by atoms with E-state index in [4.69, 9.17) is 10.5 Å². The number of hydrogen-bond acceptors (Lipinski definition) is 7. The van der Waals surface area contributed by atoms with Crippen LogP contribution < -0.4 is 16.5 Å². The summed E-state index contributed by atoms with van der Waals surface area (Å²) in [5, 5.41) is 4.98. The summed E-state index contributed by atoms with van der Waals surface area (Å²) in [5.41, 5.74) is 8.77. The molecule has 0 unspecified atom stereocenters. The molecule has 1 aromatic heterocycles. The van der Waals surface area contributed by atoms with Gasteiger partial charge >= 0.3 is 0 Å². The van der Waals surface area contributed by atoms with Crippen LogP contribution in [0.15, 0.2) is 6.07 Å². The highest BCUT2D eigenvalue weighted by atomic mass is 16.5. The first kappa shape index (κ1) is 10.9. The molecule has 88 valence electrons. The van der Waals surface area contributed by atoms with E-state index in [-0.39, 0.29) is 5.95 Å². The molecule has 1 aliphatic heterocycles. The summed E-state index contributed by atoms with van der Waals surface area (Å²) in [5.74, 6) is 1.64. The first-order chi connectivity index (χ1) is 7.78. The molecule has 2 rings (SSSR count). The number of ether oxygens (including phenoxy) is 1. The number of hydrazine groups is 1. The Balaban J connectivity index is 2.04. The van der Waals surface area contributed by atoms with E-state index >= 15 is 0 Å². The molecule has 0 bridgehead atoms. The molecule has 2 heterocycles. The lowest BCUT2D eigenvalue weighted by Gasteiger charge is -2.27. The molecule has 1 fully saturated rings. The van der Waals surface area contributed by atoms with Crippen molar-refractivity contribution in [2.45, 2.75) is 0 Å². The predicted octanol–water partition coefficient (Wildman–Crippen LogP) is -0.240. The summed E-state index contributed by atoms with van der Waals surface area (Å²) in [6.45, 7) is 3.12. The van der Waals surface area contributed by atoms with Crippen molar-refractivity contribution in [1.29, 1.82) is 0 Å². The number of nitrogens with two attached hydrogens (primary N) is 1. The van der Waals surface area contributed by atoms with Crippen LogP contribution in [0.3, 0.4) is 0 Å². The van der Waals surface area contributed by atoms with Gasteiger partial charge in [0.1, 0.15) is 11.6 Å². The van der Waals surface area contributed by atoms with Crippen molar-refractivity contribution in [1.82, 2.24) is 15.0 Å². The molecule has 0 spiro atoms. The van der Waals surface area contributed by atoms with E-state index in [1.54, 1.807) is 7.05 Å². The van der Waals surface area contributed by atoms with Crippen LogP contribution in [-0.2, 0) is 4.74 Å². The zero-order valence-electron chi connectivity index (χ0n) is 9.23. The number of hydrogen-bond donors (Lipinski definition) is 3. The molecule has 0 radical (unpaired) electrons. The Morgan fingerprint density at radius 2 is 2.00 bits per heavy atom. The standard InChI is InChI=1S/C9H16N6O/c1-11-7-6-8(13-9(10)12-7)14-15-2-4-16-5-3-15/h6H,2-5H2,1H3,(H4,10,11,12,13,14). The van der Waals surface area contributed by atoms with Gasteiger partial charge in [0.2, 0.25) is 5.95 Å². The van der Waals surface area contributed by atoms with Crippen LogP contribution >= 0.6 is 0 Å². The van der Waals surface area contributed by atoms with Crippen LogP contribution in [0, 0.1) is 0 Å². The third-order valence-electron chi connectivity index (χ3n) is 2.28. The molecule has 16 heavy (non-hydrogen) atoms. The Kier molecular flexibility index (Phi) is 3.37. The fourth-order valence-electron chi connectivity index (χ4n) is 1.49. The van der Waals surface area contributed by atoms with Gasteiger partial charge < -0.3 is 21.2 Å². The van der Waals surface area contributed by atoms with E-state index in [2.05, 4.69) is 20.7 Å². The Bertz CT molecular complexity index is 352. The van der Waals surface area contributed by atoms with Crippen molar-refractivity contribution in [2.24, 2.45) is 0 Å². The van der Waals surface area contributed by atoms with Crippen molar-refractivity contribution < 1.29 is 4.74 Å². The summed E-state index contributed by atoms with van der Waals surface area (Å²) in [4.78, 5) is 8.13. The summed E-state index contributed by atoms with van der Waals surface area (Å²) >= 11 is 0. The maximum Gasteiger partial charge on any atom is 0.223 e. The van der Waals surface area contributed by atoms with E-state index in [9.17, 15) is 0 Å². The third-order valence-corrected chi connectivity index (χ3v) is 2.28. The molecule has 0 saturated carbocycles. The minimum atomic E-state index is 0.252. The Morgan fingerprint density at radius 1 is 1.31 bits per heavy atom. The normalized spacial score (nSPS) is 17.1. The van der Waals surface area contributed by atoms with E-state index in [0.717, 1.165) is 26.3 Å². The highest BCUT2D eigenvalue weighted by molar-refractivity contribution is 5.50. The maximum atomic E-state index is 5.59. The SMILES string of the molecule is CNc1cc(NN2CCOCC2)nc(N)n1. The smallest absolute Gasteiger partial charge is 0.223 e. The second-order valence-electron chi connectivity index (χ2n) is 3.46. The van der Waals surface area contributed by atoms with Gasteiger partial charge in [-0.05, 0) is 0 Å². The minimum Gasteiger partial charge on any atom is -0.379 e. The monoisotopic (exact) mass is 224 g/mol. The van der Waals surface area contributed by atoms with E-state index in [0.29, 0.717) is 11.6 Å². The van der Waals surface area contributed by atoms with Gasteiger partial charge in [-0.3, -0.25) is 0 Å². The number of morpholine rings is 1. The fourth-order valence-corrected chi connectivity index (χ4v) is 1.49. The third kappa shape index (κ3) is 2.71. The quantitative estimate of drug-likeness (QED) is 0.653. The predicted molar refractivity (Wildman–Crippen MR) is 62.0 cm³/mol. The zero-order valence-corrected chi connectivity index (χ0v) is 9.23. The topological polar surface area (TPSA) is 88.3 Å². The minimum absolute atomic E-state index is 0.252. The Hall–Kier alpha value is -1.60. The molecule has 0 amide bonds. The molecule has 4 N–H and O–H groups in total. The highest BCUT2D eigenvalue weighted by Gasteiger charge is 2.11. The number of nitrogens with zero attached hydrogens (tertiary/aromatic N) is 3. The lowest BCUT2D eigenvalue weighted by atomic mass is 10.5. The van der Waals surface area contributed by atoms with Crippen LogP contribution in [-0.4, -0.2) is 48.3 Å². The van der Waals surface area contributed by atoms with Crippen LogP contribution in [0.1, 0.15) is 0 Å². The number of nitrogen functional groups attached to an aromatic ring is 1. The molecule has 1 aliphatic rings. The summed E-state index contributed by atoms with van der Waals surface area (Å²) < 4.78 is 5.25. The van der Waals surface area contributed by atoms with Gasteiger partial charge in [0.15, 0.2) is 0 Å². The summed E-state index contributed by atoms with van der Waals surface area (Å²) in [6.07, 6.45) is 0. The molecular weight excluding hydrogens is 208 g/mol. The Labute approximate surface area is 94.0 Å². The van der Waals surface area contributed by atoms with Crippen molar-refractivity contribution in [2.75, 3.05) is 49.8 Å². The van der Waals surface area contributed by atoms with Crippen molar-refractivity contribution in [3.63, 3.8) is 0 Å². The van der Waals surface area contributed by atoms with Crippen LogP contribution in [0.4, 0.5) is 17.6 Å². The van der Waals surface area contributed by atoms with Gasteiger partial charge in [-0.15, -0.1) is 0 Å². The molecular formula is C9H16N6O. The van der Waals surface area contributed by atoms with E-state index in [1.807, 2.05) is 11.1 Å². The second kappa shape index (κ2) is 4.95. The molecule has 7 nitrogen and oxygen atoms in total. The van der Waals surface area contributed by atoms with Gasteiger partial charge in [-0.1, -0.05) is 0 Å². The average Bonchev–Trinajstić information content (AvgIpc) is 2.29. The molecule has 1 aromatic rings. The summed E-state index contributed by atoms with van der Waals surface area (Å²) in [6, 6.07) is 1.81. The lowest BCUT2D eigenvalue weighted by Crippen LogP contribution is -2.40. The number of rotatable bonds is 3. The largest absolute Gasteiger partial charge is 0.379 e. The molecule has 0 aliphatic carbocycles. The number of anilines is 3. The first-order valence-corrected chi connectivity index (χ1v) is 5.19. The molecule has 0 atom stereocenters. The van der Waals surface area contributed by atoms with Crippen LogP contribution in [0.25, 0.3) is 0 Å².